The molecule has 0 saturated carbocycles. The summed E-state index contributed by atoms with van der Waals surface area (Å²) in [5.74, 6) is 0.322. The zero-order valence-electron chi connectivity index (χ0n) is 9.93. The molecular formula is C11H14BrNO3S2. The molecule has 1 saturated heterocycles. The van der Waals surface area contributed by atoms with E-state index in [2.05, 4.69) is 15.9 Å². The third-order valence-electron chi connectivity index (χ3n) is 3.20. The molecule has 0 radical (unpaired) electrons. The Kier molecular flexibility index (Phi) is 4.13. The molecule has 0 spiro atoms. The van der Waals surface area contributed by atoms with Crippen molar-refractivity contribution < 1.29 is 13.2 Å². The molecule has 2 rings (SSSR count). The van der Waals surface area contributed by atoms with Crippen molar-refractivity contribution in [2.45, 2.75) is 18.9 Å². The minimum Gasteiger partial charge on any atom is -0.338 e. The van der Waals surface area contributed by atoms with Crippen molar-refractivity contribution in [1.82, 2.24) is 4.90 Å². The molecule has 0 aliphatic carbocycles. The third-order valence-corrected chi connectivity index (χ3v) is 6.74. The fourth-order valence-corrected chi connectivity index (χ4v) is 5.03. The van der Waals surface area contributed by atoms with Crippen molar-refractivity contribution in [3.63, 3.8) is 0 Å². The van der Waals surface area contributed by atoms with Gasteiger partial charge in [-0.2, -0.15) is 0 Å². The van der Waals surface area contributed by atoms with Gasteiger partial charge in [-0.3, -0.25) is 4.79 Å². The molecule has 1 amide bonds. The lowest BCUT2D eigenvalue weighted by Crippen LogP contribution is -2.42. The van der Waals surface area contributed by atoms with Gasteiger partial charge in [-0.1, -0.05) is 0 Å². The van der Waals surface area contributed by atoms with E-state index in [1.165, 1.54) is 11.3 Å². The minimum atomic E-state index is -2.88. The number of thiophene rings is 1. The van der Waals surface area contributed by atoms with Crippen LogP contribution in [0.3, 0.4) is 0 Å². The third kappa shape index (κ3) is 2.95. The van der Waals surface area contributed by atoms with Gasteiger partial charge in [0.15, 0.2) is 0 Å². The van der Waals surface area contributed by atoms with Gasteiger partial charge in [-0.15, -0.1) is 11.3 Å². The number of carbonyl (C=O) groups excluding carboxylic acids is 1. The topological polar surface area (TPSA) is 54.5 Å². The highest BCUT2D eigenvalue weighted by atomic mass is 79.9. The highest BCUT2D eigenvalue weighted by Gasteiger charge is 2.29. The zero-order valence-corrected chi connectivity index (χ0v) is 13.1. The van der Waals surface area contributed by atoms with E-state index in [0.717, 1.165) is 4.47 Å². The molecule has 0 N–H and O–H groups in total. The van der Waals surface area contributed by atoms with Crippen molar-refractivity contribution in [3.05, 3.63) is 20.8 Å². The highest BCUT2D eigenvalue weighted by molar-refractivity contribution is 9.10. The van der Waals surface area contributed by atoms with Crippen LogP contribution in [-0.2, 0) is 9.84 Å². The molecule has 1 aromatic rings. The van der Waals surface area contributed by atoms with Crippen LogP contribution < -0.4 is 0 Å². The van der Waals surface area contributed by atoms with Gasteiger partial charge in [0.1, 0.15) is 14.7 Å². The second kappa shape index (κ2) is 5.30. The van der Waals surface area contributed by atoms with Crippen LogP contribution >= 0.6 is 27.3 Å². The van der Waals surface area contributed by atoms with Crippen LogP contribution in [-0.4, -0.2) is 43.8 Å². The molecule has 100 valence electrons. The maximum absolute atomic E-state index is 12.2. The molecule has 0 aromatic carbocycles. The number of hydrogen-bond donors (Lipinski definition) is 0. The molecule has 1 fully saturated rings. The van der Waals surface area contributed by atoms with Gasteiger partial charge in [0.05, 0.1) is 11.5 Å². The number of rotatable bonds is 2. The summed E-state index contributed by atoms with van der Waals surface area (Å²) in [4.78, 5) is 14.6. The quantitative estimate of drug-likeness (QED) is 0.820. The Morgan fingerprint density at radius 1 is 1.44 bits per heavy atom. The average Bonchev–Trinajstić information content (AvgIpc) is 2.73. The van der Waals surface area contributed by atoms with Gasteiger partial charge < -0.3 is 4.90 Å². The smallest absolute Gasteiger partial charge is 0.265 e. The van der Waals surface area contributed by atoms with Crippen molar-refractivity contribution in [2.75, 3.05) is 18.6 Å². The van der Waals surface area contributed by atoms with E-state index in [9.17, 15) is 13.2 Å². The fourth-order valence-electron chi connectivity index (χ4n) is 2.04. The lowest BCUT2D eigenvalue weighted by Gasteiger charge is -2.30. The summed E-state index contributed by atoms with van der Waals surface area (Å²) in [6.45, 7) is 0. The van der Waals surface area contributed by atoms with Gasteiger partial charge in [-0.05, 0) is 40.2 Å². The molecule has 18 heavy (non-hydrogen) atoms. The van der Waals surface area contributed by atoms with Crippen LogP contribution in [0.4, 0.5) is 0 Å². The van der Waals surface area contributed by atoms with Gasteiger partial charge in [0, 0.05) is 17.6 Å². The van der Waals surface area contributed by atoms with Crippen LogP contribution in [0.25, 0.3) is 0 Å². The first-order valence-corrected chi connectivity index (χ1v) is 9.11. The maximum Gasteiger partial charge on any atom is 0.265 e. The Morgan fingerprint density at radius 3 is 2.56 bits per heavy atom. The minimum absolute atomic E-state index is 0.0232. The Morgan fingerprint density at radius 2 is 2.06 bits per heavy atom. The molecular weight excluding hydrogens is 338 g/mol. The number of sulfone groups is 1. The van der Waals surface area contributed by atoms with E-state index >= 15 is 0 Å². The van der Waals surface area contributed by atoms with Gasteiger partial charge in [-0.25, -0.2) is 8.42 Å². The van der Waals surface area contributed by atoms with Gasteiger partial charge in [0.25, 0.3) is 5.91 Å². The predicted octanol–water partition coefficient (Wildman–Crippen LogP) is 2.16. The number of halogens is 1. The number of hydrogen-bond acceptors (Lipinski definition) is 4. The summed E-state index contributed by atoms with van der Waals surface area (Å²) in [5, 5.41) is 1.86. The lowest BCUT2D eigenvalue weighted by atomic mass is 10.1. The maximum atomic E-state index is 12.2. The number of amides is 1. The molecule has 0 atom stereocenters. The fraction of sp³-hybridized carbons (Fsp3) is 0.545. The first kappa shape index (κ1) is 14.0. The Bertz CT molecular complexity index is 538. The average molecular weight is 352 g/mol. The van der Waals surface area contributed by atoms with Crippen molar-refractivity contribution >= 4 is 43.0 Å². The van der Waals surface area contributed by atoms with Gasteiger partial charge >= 0.3 is 0 Å². The summed E-state index contributed by atoms with van der Waals surface area (Å²) in [6, 6.07) is 1.87. The summed E-state index contributed by atoms with van der Waals surface area (Å²) in [5.41, 5.74) is 0. The Labute approximate surface area is 119 Å². The van der Waals surface area contributed by atoms with E-state index in [1.807, 2.05) is 11.4 Å². The van der Waals surface area contributed by atoms with Crippen LogP contribution in [0.15, 0.2) is 15.9 Å². The summed E-state index contributed by atoms with van der Waals surface area (Å²) >= 11 is 4.74. The molecule has 0 bridgehead atoms. The SMILES string of the molecule is CN(C(=O)c1sccc1Br)C1CCS(=O)(=O)CC1. The lowest BCUT2D eigenvalue weighted by molar-refractivity contribution is 0.0726. The standard InChI is InChI=1S/C11H14BrNO3S2/c1-13(8-3-6-18(15,16)7-4-8)11(14)10-9(12)2-5-17-10/h2,5,8H,3-4,6-7H2,1H3. The van der Waals surface area contributed by atoms with E-state index in [-0.39, 0.29) is 23.5 Å². The van der Waals surface area contributed by atoms with Gasteiger partial charge in [0.2, 0.25) is 0 Å². The number of carbonyl (C=O) groups is 1. The predicted molar refractivity (Wildman–Crippen MR) is 75.8 cm³/mol. The van der Waals surface area contributed by atoms with E-state index in [0.29, 0.717) is 17.7 Å². The first-order valence-electron chi connectivity index (χ1n) is 5.61. The van der Waals surface area contributed by atoms with Crippen LogP contribution in [0.5, 0.6) is 0 Å². The van der Waals surface area contributed by atoms with Crippen molar-refractivity contribution in [2.24, 2.45) is 0 Å². The summed E-state index contributed by atoms with van der Waals surface area (Å²) < 4.78 is 23.5. The molecule has 7 heteroatoms. The molecule has 1 aliphatic heterocycles. The molecule has 1 aliphatic rings. The summed E-state index contributed by atoms with van der Waals surface area (Å²) in [7, 11) is -1.13. The van der Waals surface area contributed by atoms with Crippen LogP contribution in [0.2, 0.25) is 0 Å². The van der Waals surface area contributed by atoms with Crippen molar-refractivity contribution in [1.29, 1.82) is 0 Å². The largest absolute Gasteiger partial charge is 0.338 e. The molecule has 4 nitrogen and oxygen atoms in total. The van der Waals surface area contributed by atoms with Crippen LogP contribution in [0.1, 0.15) is 22.5 Å². The summed E-state index contributed by atoms with van der Waals surface area (Å²) in [6.07, 6.45) is 1.07. The zero-order chi connectivity index (χ0) is 13.3. The molecule has 0 unspecified atom stereocenters. The number of nitrogens with zero attached hydrogens (tertiary/aromatic N) is 1. The normalized spacial score (nSPS) is 19.7. The Hall–Kier alpha value is -0.400. The highest BCUT2D eigenvalue weighted by Crippen LogP contribution is 2.26. The van der Waals surface area contributed by atoms with E-state index < -0.39 is 9.84 Å². The van der Waals surface area contributed by atoms with E-state index in [4.69, 9.17) is 0 Å². The van der Waals surface area contributed by atoms with Crippen molar-refractivity contribution in [3.8, 4) is 0 Å². The first-order chi connectivity index (χ1) is 8.41. The van der Waals surface area contributed by atoms with Crippen LogP contribution in [0, 0.1) is 0 Å². The van der Waals surface area contributed by atoms with E-state index in [1.54, 1.807) is 11.9 Å². The monoisotopic (exact) mass is 351 g/mol. The second-order valence-electron chi connectivity index (χ2n) is 4.40. The second-order valence-corrected chi connectivity index (χ2v) is 8.47. The molecule has 2 heterocycles. The Balaban J connectivity index is 2.07. The molecule has 1 aromatic heterocycles.